The van der Waals surface area contributed by atoms with E-state index < -0.39 is 0 Å². The SMILES string of the molecule is C#CCNCCSc1ccc2c(c1)CCC2. The summed E-state index contributed by atoms with van der Waals surface area (Å²) in [6.07, 6.45) is 9.02. The van der Waals surface area contributed by atoms with Gasteiger partial charge in [-0.15, -0.1) is 18.2 Å². The van der Waals surface area contributed by atoms with Crippen molar-refractivity contribution in [2.24, 2.45) is 0 Å². The van der Waals surface area contributed by atoms with Crippen molar-refractivity contribution >= 4 is 11.8 Å². The molecule has 0 spiro atoms. The van der Waals surface area contributed by atoms with Crippen LogP contribution in [0.2, 0.25) is 0 Å². The Balaban J connectivity index is 1.80. The summed E-state index contributed by atoms with van der Waals surface area (Å²) in [6.45, 7) is 1.65. The molecule has 1 nitrogen and oxygen atoms in total. The summed E-state index contributed by atoms with van der Waals surface area (Å²) in [6, 6.07) is 6.89. The molecule has 0 aromatic heterocycles. The van der Waals surface area contributed by atoms with Gasteiger partial charge in [0, 0.05) is 17.2 Å². The number of fused-ring (bicyclic) bond motifs is 1. The van der Waals surface area contributed by atoms with Gasteiger partial charge >= 0.3 is 0 Å². The lowest BCUT2D eigenvalue weighted by Crippen LogP contribution is -2.16. The van der Waals surface area contributed by atoms with Gasteiger partial charge in [0.15, 0.2) is 0 Å². The minimum atomic E-state index is 0.671. The van der Waals surface area contributed by atoms with E-state index >= 15 is 0 Å². The second-order valence-electron chi connectivity index (χ2n) is 4.01. The highest BCUT2D eigenvalue weighted by Gasteiger charge is 2.10. The van der Waals surface area contributed by atoms with E-state index in [0.29, 0.717) is 6.54 Å². The van der Waals surface area contributed by atoms with Gasteiger partial charge in [0.25, 0.3) is 0 Å². The highest BCUT2D eigenvalue weighted by molar-refractivity contribution is 7.99. The molecule has 1 N–H and O–H groups in total. The van der Waals surface area contributed by atoms with Crippen LogP contribution in [0.1, 0.15) is 17.5 Å². The molecule has 0 aliphatic heterocycles. The maximum Gasteiger partial charge on any atom is 0.0574 e. The molecule has 2 rings (SSSR count). The van der Waals surface area contributed by atoms with Gasteiger partial charge in [0.05, 0.1) is 6.54 Å². The summed E-state index contributed by atoms with van der Waals surface area (Å²) in [7, 11) is 0. The Labute approximate surface area is 102 Å². The Morgan fingerprint density at radius 1 is 1.31 bits per heavy atom. The summed E-state index contributed by atoms with van der Waals surface area (Å²) >= 11 is 1.91. The molecule has 1 aliphatic rings. The standard InChI is InChI=1S/C14H17NS/c1-2-8-15-9-10-16-14-7-6-12-4-3-5-13(12)11-14/h1,6-7,11,15H,3-5,8-10H2. The van der Waals surface area contributed by atoms with Crippen LogP contribution >= 0.6 is 11.8 Å². The molecular weight excluding hydrogens is 214 g/mol. The molecule has 0 unspecified atom stereocenters. The molecule has 1 aliphatic carbocycles. The fourth-order valence-corrected chi connectivity index (χ4v) is 2.91. The zero-order valence-electron chi connectivity index (χ0n) is 9.46. The predicted molar refractivity (Wildman–Crippen MR) is 70.9 cm³/mol. The molecule has 0 heterocycles. The molecule has 0 amide bonds. The van der Waals surface area contributed by atoms with Crippen molar-refractivity contribution in [3.63, 3.8) is 0 Å². The second-order valence-corrected chi connectivity index (χ2v) is 5.18. The van der Waals surface area contributed by atoms with Crippen LogP contribution in [0.25, 0.3) is 0 Å². The third-order valence-electron chi connectivity index (χ3n) is 2.84. The summed E-state index contributed by atoms with van der Waals surface area (Å²) in [5.41, 5.74) is 3.11. The van der Waals surface area contributed by atoms with Crippen molar-refractivity contribution in [2.45, 2.75) is 24.2 Å². The van der Waals surface area contributed by atoms with Gasteiger partial charge in [-0.2, -0.15) is 0 Å². The maximum absolute atomic E-state index is 5.16. The monoisotopic (exact) mass is 231 g/mol. The molecule has 0 radical (unpaired) electrons. The molecule has 84 valence electrons. The van der Waals surface area contributed by atoms with Crippen molar-refractivity contribution in [1.29, 1.82) is 0 Å². The van der Waals surface area contributed by atoms with Crippen molar-refractivity contribution in [2.75, 3.05) is 18.8 Å². The quantitative estimate of drug-likeness (QED) is 0.475. The maximum atomic E-state index is 5.16. The molecule has 1 aromatic carbocycles. The minimum absolute atomic E-state index is 0.671. The summed E-state index contributed by atoms with van der Waals surface area (Å²) in [5, 5.41) is 3.20. The lowest BCUT2D eigenvalue weighted by atomic mass is 10.1. The zero-order valence-corrected chi connectivity index (χ0v) is 10.3. The van der Waals surface area contributed by atoms with Crippen molar-refractivity contribution in [3.8, 4) is 12.3 Å². The summed E-state index contributed by atoms with van der Waals surface area (Å²) in [5.74, 6) is 3.66. The third kappa shape index (κ3) is 3.04. The largest absolute Gasteiger partial charge is 0.305 e. The van der Waals surface area contributed by atoms with Crippen molar-refractivity contribution in [3.05, 3.63) is 29.3 Å². The Morgan fingerprint density at radius 2 is 2.19 bits per heavy atom. The lowest BCUT2D eigenvalue weighted by molar-refractivity contribution is 0.818. The molecule has 0 fully saturated rings. The average Bonchev–Trinajstić information content (AvgIpc) is 2.76. The van der Waals surface area contributed by atoms with Gasteiger partial charge in [0.1, 0.15) is 0 Å². The van der Waals surface area contributed by atoms with E-state index in [1.165, 1.54) is 24.2 Å². The number of benzene rings is 1. The normalized spacial score (nSPS) is 13.4. The van der Waals surface area contributed by atoms with Crippen LogP contribution in [0.15, 0.2) is 23.1 Å². The van der Waals surface area contributed by atoms with E-state index in [9.17, 15) is 0 Å². The molecule has 1 aromatic rings. The van der Waals surface area contributed by atoms with E-state index in [2.05, 4.69) is 29.4 Å². The summed E-state index contributed by atoms with van der Waals surface area (Å²) in [4.78, 5) is 1.39. The number of nitrogens with one attached hydrogen (secondary N) is 1. The first-order valence-electron chi connectivity index (χ1n) is 5.79. The Hall–Kier alpha value is -0.910. The van der Waals surface area contributed by atoms with E-state index in [0.717, 1.165) is 12.3 Å². The van der Waals surface area contributed by atoms with Crippen LogP contribution in [0.4, 0.5) is 0 Å². The molecular formula is C14H17NS. The van der Waals surface area contributed by atoms with E-state index in [-0.39, 0.29) is 0 Å². The molecule has 0 atom stereocenters. The number of hydrogen-bond donors (Lipinski definition) is 1. The second kappa shape index (κ2) is 5.98. The predicted octanol–water partition coefficient (Wildman–Crippen LogP) is 2.49. The molecule has 0 saturated heterocycles. The highest BCUT2D eigenvalue weighted by atomic mass is 32.2. The average molecular weight is 231 g/mol. The molecule has 0 bridgehead atoms. The topological polar surface area (TPSA) is 12.0 Å². The van der Waals surface area contributed by atoms with Gasteiger partial charge in [-0.05, 0) is 42.5 Å². The van der Waals surface area contributed by atoms with Crippen molar-refractivity contribution < 1.29 is 0 Å². The molecule has 16 heavy (non-hydrogen) atoms. The van der Waals surface area contributed by atoms with E-state index in [1.54, 1.807) is 11.1 Å². The fourth-order valence-electron chi connectivity index (χ4n) is 2.04. The third-order valence-corrected chi connectivity index (χ3v) is 3.84. The van der Waals surface area contributed by atoms with Gasteiger partial charge in [-0.25, -0.2) is 0 Å². The highest BCUT2D eigenvalue weighted by Crippen LogP contribution is 2.27. The van der Waals surface area contributed by atoms with Crippen LogP contribution in [-0.2, 0) is 12.8 Å². The Bertz CT molecular complexity index is 392. The van der Waals surface area contributed by atoms with Crippen LogP contribution in [-0.4, -0.2) is 18.8 Å². The number of rotatable bonds is 5. The van der Waals surface area contributed by atoms with Crippen LogP contribution in [0.5, 0.6) is 0 Å². The van der Waals surface area contributed by atoms with Crippen LogP contribution in [0.3, 0.4) is 0 Å². The van der Waals surface area contributed by atoms with Gasteiger partial charge in [-0.1, -0.05) is 12.0 Å². The summed E-state index contributed by atoms with van der Waals surface area (Å²) < 4.78 is 0. The van der Waals surface area contributed by atoms with Crippen LogP contribution < -0.4 is 5.32 Å². The minimum Gasteiger partial charge on any atom is -0.305 e. The molecule has 2 heteroatoms. The van der Waals surface area contributed by atoms with Gasteiger partial charge in [0.2, 0.25) is 0 Å². The van der Waals surface area contributed by atoms with E-state index in [4.69, 9.17) is 6.42 Å². The zero-order chi connectivity index (χ0) is 11.2. The fraction of sp³-hybridized carbons (Fsp3) is 0.429. The van der Waals surface area contributed by atoms with Gasteiger partial charge in [-0.3, -0.25) is 0 Å². The molecule has 0 saturated carbocycles. The van der Waals surface area contributed by atoms with Crippen molar-refractivity contribution in [1.82, 2.24) is 5.32 Å². The Kier molecular flexibility index (Phi) is 4.33. The number of hydrogen-bond acceptors (Lipinski definition) is 2. The first kappa shape index (κ1) is 11.6. The lowest BCUT2D eigenvalue weighted by Gasteiger charge is -2.05. The first-order valence-corrected chi connectivity index (χ1v) is 6.77. The smallest absolute Gasteiger partial charge is 0.0574 e. The van der Waals surface area contributed by atoms with E-state index in [1.807, 2.05) is 11.8 Å². The number of aryl methyl sites for hydroxylation is 2. The number of thioether (sulfide) groups is 1. The first-order chi connectivity index (χ1) is 7.90. The Morgan fingerprint density at radius 3 is 3.06 bits per heavy atom. The number of terminal acetylenes is 1. The van der Waals surface area contributed by atoms with Gasteiger partial charge < -0.3 is 5.32 Å². The van der Waals surface area contributed by atoms with Crippen LogP contribution in [0, 0.1) is 12.3 Å².